The molecule has 68 valence electrons. The van der Waals surface area contributed by atoms with Crippen LogP contribution in [-0.2, 0) is 4.79 Å². The van der Waals surface area contributed by atoms with Crippen molar-refractivity contribution in [3.05, 3.63) is 11.1 Å². The maximum atomic E-state index is 11.4. The summed E-state index contributed by atoms with van der Waals surface area (Å²) in [6.45, 7) is 7.96. The van der Waals surface area contributed by atoms with Crippen molar-refractivity contribution >= 4 is 5.91 Å². The van der Waals surface area contributed by atoms with Gasteiger partial charge in [0.15, 0.2) is 0 Å². The van der Waals surface area contributed by atoms with Crippen molar-refractivity contribution < 1.29 is 4.79 Å². The van der Waals surface area contributed by atoms with E-state index < -0.39 is 0 Å². The highest BCUT2D eigenvalue weighted by Gasteiger charge is 2.33. The van der Waals surface area contributed by atoms with E-state index in [0.29, 0.717) is 12.0 Å². The smallest absolute Gasteiger partial charge is 0.247 e. The summed E-state index contributed by atoms with van der Waals surface area (Å²) in [5.74, 6) is 0.781. The van der Waals surface area contributed by atoms with Crippen LogP contribution in [0.1, 0.15) is 34.1 Å². The minimum atomic E-state index is 0.101. The standard InChI is InChI=1S/C10H17NO/c1-6(2)8(4)10(12)11-9-5-7(9)3/h7,9H,5H2,1-4H3,(H,11,12). The average Bonchev–Trinajstić information content (AvgIpc) is 2.64. The summed E-state index contributed by atoms with van der Waals surface area (Å²) in [6.07, 6.45) is 1.14. The molecule has 1 aliphatic rings. The van der Waals surface area contributed by atoms with Gasteiger partial charge in [0, 0.05) is 11.6 Å². The van der Waals surface area contributed by atoms with Crippen LogP contribution in [0.25, 0.3) is 0 Å². The molecule has 0 aromatic rings. The molecular weight excluding hydrogens is 150 g/mol. The fourth-order valence-corrected chi connectivity index (χ4v) is 1.03. The number of hydrogen-bond donors (Lipinski definition) is 1. The molecule has 1 fully saturated rings. The van der Waals surface area contributed by atoms with Gasteiger partial charge in [0.1, 0.15) is 0 Å². The summed E-state index contributed by atoms with van der Waals surface area (Å²) in [5.41, 5.74) is 1.95. The van der Waals surface area contributed by atoms with Crippen molar-refractivity contribution in [1.82, 2.24) is 5.32 Å². The molecule has 1 amide bonds. The Bertz CT molecular complexity index is 226. The van der Waals surface area contributed by atoms with Crippen LogP contribution in [0.15, 0.2) is 11.1 Å². The Hall–Kier alpha value is -0.790. The van der Waals surface area contributed by atoms with E-state index in [1.807, 2.05) is 20.8 Å². The second-order valence-electron chi connectivity index (χ2n) is 3.92. The Morgan fingerprint density at radius 3 is 2.17 bits per heavy atom. The number of nitrogens with one attached hydrogen (secondary N) is 1. The van der Waals surface area contributed by atoms with E-state index in [9.17, 15) is 4.79 Å². The third kappa shape index (κ3) is 2.10. The van der Waals surface area contributed by atoms with Crippen molar-refractivity contribution in [1.29, 1.82) is 0 Å². The molecule has 1 N–H and O–H groups in total. The molecule has 2 heteroatoms. The molecule has 0 aromatic heterocycles. The average molecular weight is 167 g/mol. The summed E-state index contributed by atoms with van der Waals surface area (Å²) >= 11 is 0. The lowest BCUT2D eigenvalue weighted by molar-refractivity contribution is -0.117. The van der Waals surface area contributed by atoms with Crippen LogP contribution in [0.2, 0.25) is 0 Å². The van der Waals surface area contributed by atoms with Crippen molar-refractivity contribution in [2.45, 2.75) is 40.2 Å². The van der Waals surface area contributed by atoms with Crippen molar-refractivity contribution in [2.24, 2.45) is 5.92 Å². The molecule has 0 radical (unpaired) electrons. The van der Waals surface area contributed by atoms with Gasteiger partial charge in [-0.05, 0) is 33.1 Å². The van der Waals surface area contributed by atoms with Crippen LogP contribution in [0.5, 0.6) is 0 Å². The molecule has 0 aromatic carbocycles. The highest BCUT2D eigenvalue weighted by Crippen LogP contribution is 2.29. The van der Waals surface area contributed by atoms with Gasteiger partial charge in [-0.25, -0.2) is 0 Å². The van der Waals surface area contributed by atoms with Gasteiger partial charge in [-0.15, -0.1) is 0 Å². The van der Waals surface area contributed by atoms with Gasteiger partial charge < -0.3 is 5.32 Å². The lowest BCUT2D eigenvalue weighted by atomic mass is 10.1. The van der Waals surface area contributed by atoms with Crippen molar-refractivity contribution in [3.63, 3.8) is 0 Å². The van der Waals surface area contributed by atoms with E-state index in [2.05, 4.69) is 12.2 Å². The lowest BCUT2D eigenvalue weighted by Crippen LogP contribution is -2.27. The normalized spacial score (nSPS) is 26.3. The Morgan fingerprint density at radius 1 is 1.33 bits per heavy atom. The van der Waals surface area contributed by atoms with Gasteiger partial charge in [-0.3, -0.25) is 4.79 Å². The molecule has 2 nitrogen and oxygen atoms in total. The second-order valence-corrected chi connectivity index (χ2v) is 3.92. The Balaban J connectivity index is 2.44. The summed E-state index contributed by atoms with van der Waals surface area (Å²) in [4.78, 5) is 11.4. The number of rotatable bonds is 2. The summed E-state index contributed by atoms with van der Waals surface area (Å²) < 4.78 is 0. The maximum absolute atomic E-state index is 11.4. The predicted octanol–water partition coefficient (Wildman–Crippen LogP) is 1.87. The summed E-state index contributed by atoms with van der Waals surface area (Å²) in [7, 11) is 0. The summed E-state index contributed by atoms with van der Waals surface area (Å²) in [6, 6.07) is 0.437. The van der Waals surface area contributed by atoms with E-state index in [0.717, 1.165) is 17.6 Å². The Morgan fingerprint density at radius 2 is 1.83 bits per heavy atom. The van der Waals surface area contributed by atoms with E-state index in [1.165, 1.54) is 0 Å². The topological polar surface area (TPSA) is 29.1 Å². The lowest BCUT2D eigenvalue weighted by Gasteiger charge is -2.04. The summed E-state index contributed by atoms with van der Waals surface area (Å²) in [5, 5.41) is 2.99. The third-order valence-electron chi connectivity index (χ3n) is 2.52. The zero-order chi connectivity index (χ0) is 9.30. The molecule has 1 saturated carbocycles. The number of carbonyl (C=O) groups is 1. The van der Waals surface area contributed by atoms with Crippen LogP contribution in [0.3, 0.4) is 0 Å². The molecule has 2 unspecified atom stereocenters. The van der Waals surface area contributed by atoms with E-state index in [1.54, 1.807) is 0 Å². The minimum absolute atomic E-state index is 0.101. The number of hydrogen-bond acceptors (Lipinski definition) is 1. The van der Waals surface area contributed by atoms with Crippen LogP contribution in [0, 0.1) is 5.92 Å². The quantitative estimate of drug-likeness (QED) is 0.625. The molecule has 0 aliphatic heterocycles. The zero-order valence-electron chi connectivity index (χ0n) is 8.27. The fraction of sp³-hybridized carbons (Fsp3) is 0.700. The fourth-order valence-electron chi connectivity index (χ4n) is 1.03. The van der Waals surface area contributed by atoms with Crippen LogP contribution in [-0.4, -0.2) is 11.9 Å². The Kier molecular flexibility index (Phi) is 2.55. The van der Waals surface area contributed by atoms with E-state index in [4.69, 9.17) is 0 Å². The van der Waals surface area contributed by atoms with E-state index >= 15 is 0 Å². The van der Waals surface area contributed by atoms with Gasteiger partial charge in [0.05, 0.1) is 0 Å². The molecule has 0 spiro atoms. The maximum Gasteiger partial charge on any atom is 0.247 e. The predicted molar refractivity (Wildman–Crippen MR) is 49.8 cm³/mol. The van der Waals surface area contributed by atoms with Crippen LogP contribution < -0.4 is 5.32 Å². The van der Waals surface area contributed by atoms with Gasteiger partial charge >= 0.3 is 0 Å². The molecule has 1 rings (SSSR count). The molecule has 2 atom stereocenters. The molecule has 0 saturated heterocycles. The first-order chi connectivity index (χ1) is 5.52. The van der Waals surface area contributed by atoms with E-state index in [-0.39, 0.29) is 5.91 Å². The monoisotopic (exact) mass is 167 g/mol. The number of amides is 1. The van der Waals surface area contributed by atoms with Crippen molar-refractivity contribution in [3.8, 4) is 0 Å². The first-order valence-electron chi connectivity index (χ1n) is 4.47. The molecule has 0 bridgehead atoms. The first kappa shape index (κ1) is 9.30. The largest absolute Gasteiger partial charge is 0.349 e. The SMILES string of the molecule is CC(C)=C(C)C(=O)NC1CC1C. The highest BCUT2D eigenvalue weighted by atomic mass is 16.1. The number of carbonyl (C=O) groups excluding carboxylic acids is 1. The number of allylic oxidation sites excluding steroid dienone is 1. The molecular formula is C10H17NO. The molecule has 12 heavy (non-hydrogen) atoms. The van der Waals surface area contributed by atoms with Gasteiger partial charge in [0.2, 0.25) is 5.91 Å². The molecule has 0 heterocycles. The second kappa shape index (κ2) is 3.30. The van der Waals surface area contributed by atoms with Gasteiger partial charge in [-0.2, -0.15) is 0 Å². The first-order valence-corrected chi connectivity index (χ1v) is 4.47. The van der Waals surface area contributed by atoms with Gasteiger partial charge in [-0.1, -0.05) is 12.5 Å². The Labute approximate surface area is 74.0 Å². The van der Waals surface area contributed by atoms with Crippen LogP contribution in [0.4, 0.5) is 0 Å². The van der Waals surface area contributed by atoms with Crippen LogP contribution >= 0.6 is 0 Å². The highest BCUT2D eigenvalue weighted by molar-refractivity contribution is 5.93. The van der Waals surface area contributed by atoms with Crippen molar-refractivity contribution in [2.75, 3.05) is 0 Å². The third-order valence-corrected chi connectivity index (χ3v) is 2.52. The molecule has 1 aliphatic carbocycles. The van der Waals surface area contributed by atoms with Gasteiger partial charge in [0.25, 0.3) is 0 Å². The zero-order valence-corrected chi connectivity index (χ0v) is 8.27. The minimum Gasteiger partial charge on any atom is -0.349 e.